The van der Waals surface area contributed by atoms with Gasteiger partial charge >= 0.3 is 6.18 Å². The largest absolute Gasteiger partial charge is 0.421 e. The van der Waals surface area contributed by atoms with Gasteiger partial charge in [-0.1, -0.05) is 12.8 Å². The van der Waals surface area contributed by atoms with Crippen LogP contribution in [0.5, 0.6) is 0 Å². The molecule has 1 unspecified atom stereocenters. The molecule has 1 aromatic heterocycles. The zero-order chi connectivity index (χ0) is 21.5. The number of nitrogens with zero attached hydrogens (tertiary/aromatic N) is 4. The van der Waals surface area contributed by atoms with Gasteiger partial charge in [-0.3, -0.25) is 15.3 Å². The van der Waals surface area contributed by atoms with E-state index in [4.69, 9.17) is 5.73 Å². The van der Waals surface area contributed by atoms with Gasteiger partial charge in [-0.25, -0.2) is 9.38 Å². The molecule has 2 aliphatic heterocycles. The first-order valence-electron chi connectivity index (χ1n) is 10.3. The van der Waals surface area contributed by atoms with Crippen LogP contribution in [0.15, 0.2) is 28.8 Å². The number of alkyl halides is 4. The molecule has 30 heavy (non-hydrogen) atoms. The number of nitrogens with one attached hydrogen (secondary N) is 2. The molecule has 0 aromatic carbocycles. The fourth-order valence-corrected chi connectivity index (χ4v) is 4.61. The maximum Gasteiger partial charge on any atom is 0.421 e. The number of aromatic nitrogens is 2. The van der Waals surface area contributed by atoms with Crippen LogP contribution in [-0.2, 0) is 5.79 Å². The molecule has 1 saturated heterocycles. The average Bonchev–Trinajstić information content (AvgIpc) is 3.39. The van der Waals surface area contributed by atoms with E-state index in [0.717, 1.165) is 19.4 Å². The molecular weight excluding hydrogens is 402 g/mol. The second kappa shape index (κ2) is 7.84. The minimum Gasteiger partial charge on any atom is -0.374 e. The van der Waals surface area contributed by atoms with Gasteiger partial charge in [-0.15, -0.1) is 0 Å². The van der Waals surface area contributed by atoms with Crippen LogP contribution in [0.3, 0.4) is 0 Å². The monoisotopic (exact) mass is 429 g/mol. The highest BCUT2D eigenvalue weighted by Crippen LogP contribution is 2.33. The highest BCUT2D eigenvalue weighted by molar-refractivity contribution is 5.82. The van der Waals surface area contributed by atoms with E-state index in [1.165, 1.54) is 30.8 Å². The number of rotatable bonds is 4. The highest BCUT2D eigenvalue weighted by atomic mass is 19.4. The molecular formula is C19H27F4N7. The SMILES string of the molecule is CNC1=C(C(F)(F)F)C=NC(N)(c2cnn([C@@H]3CCN(C4CCCC4)C[C@H]3F)c2)N1. The molecule has 7 nitrogen and oxygen atoms in total. The third-order valence-electron chi connectivity index (χ3n) is 6.30. The summed E-state index contributed by atoms with van der Waals surface area (Å²) in [4.78, 5) is 6.12. The zero-order valence-corrected chi connectivity index (χ0v) is 16.8. The summed E-state index contributed by atoms with van der Waals surface area (Å²) in [6, 6.07) is 0.0395. The predicted octanol–water partition coefficient (Wildman–Crippen LogP) is 2.15. The number of allylic oxidation sites excluding steroid dienone is 1. The van der Waals surface area contributed by atoms with Gasteiger partial charge < -0.3 is 10.6 Å². The summed E-state index contributed by atoms with van der Waals surface area (Å²) in [6.07, 6.45) is 3.33. The molecule has 4 N–H and O–H groups in total. The number of likely N-dealkylation sites (tertiary alicyclic amines) is 1. The summed E-state index contributed by atoms with van der Waals surface area (Å²) in [5.74, 6) is -1.90. The Balaban J connectivity index is 1.48. The summed E-state index contributed by atoms with van der Waals surface area (Å²) >= 11 is 0. The second-order valence-corrected chi connectivity index (χ2v) is 8.20. The molecule has 0 spiro atoms. The minimum atomic E-state index is -4.57. The number of halogens is 4. The Bertz CT molecular complexity index is 827. The van der Waals surface area contributed by atoms with Crippen LogP contribution < -0.4 is 16.4 Å². The van der Waals surface area contributed by atoms with Crippen molar-refractivity contribution >= 4 is 6.21 Å². The van der Waals surface area contributed by atoms with Crippen LogP contribution in [0.25, 0.3) is 0 Å². The molecule has 1 aliphatic carbocycles. The van der Waals surface area contributed by atoms with Gasteiger partial charge in [0.25, 0.3) is 0 Å². The molecule has 0 radical (unpaired) electrons. The third-order valence-corrected chi connectivity index (χ3v) is 6.30. The molecule has 3 heterocycles. The lowest BCUT2D eigenvalue weighted by Gasteiger charge is -2.38. The summed E-state index contributed by atoms with van der Waals surface area (Å²) in [5.41, 5.74) is 5.64. The van der Waals surface area contributed by atoms with Crippen LogP contribution in [0.1, 0.15) is 43.7 Å². The van der Waals surface area contributed by atoms with Gasteiger partial charge in [0.2, 0.25) is 5.79 Å². The summed E-state index contributed by atoms with van der Waals surface area (Å²) in [6.45, 7) is 1.17. The molecule has 4 rings (SSSR count). The van der Waals surface area contributed by atoms with Gasteiger partial charge in [-0.2, -0.15) is 18.3 Å². The maximum absolute atomic E-state index is 15.0. The van der Waals surface area contributed by atoms with Crippen molar-refractivity contribution in [3.63, 3.8) is 0 Å². The number of aliphatic imine (C=N–C) groups is 1. The minimum absolute atomic E-state index is 0.277. The van der Waals surface area contributed by atoms with Crippen molar-refractivity contribution in [1.29, 1.82) is 0 Å². The van der Waals surface area contributed by atoms with E-state index in [0.29, 0.717) is 30.8 Å². The molecule has 166 valence electrons. The number of nitrogens with two attached hydrogens (primary N) is 1. The molecule has 2 fully saturated rings. The first-order chi connectivity index (χ1) is 14.2. The fourth-order valence-electron chi connectivity index (χ4n) is 4.61. The lowest BCUT2D eigenvalue weighted by molar-refractivity contribution is -0.0875. The number of hydrogen-bond donors (Lipinski definition) is 3. The Morgan fingerprint density at radius 3 is 2.63 bits per heavy atom. The van der Waals surface area contributed by atoms with Crippen molar-refractivity contribution in [3.8, 4) is 0 Å². The quantitative estimate of drug-likeness (QED) is 0.639. The van der Waals surface area contributed by atoms with E-state index < -0.39 is 29.7 Å². The van der Waals surface area contributed by atoms with Crippen LogP contribution >= 0.6 is 0 Å². The van der Waals surface area contributed by atoms with E-state index >= 15 is 0 Å². The van der Waals surface area contributed by atoms with Crippen LogP contribution in [0, 0.1) is 0 Å². The molecule has 0 bridgehead atoms. The van der Waals surface area contributed by atoms with Crippen molar-refractivity contribution in [1.82, 2.24) is 25.3 Å². The molecule has 1 saturated carbocycles. The first-order valence-corrected chi connectivity index (χ1v) is 10.3. The molecule has 0 amide bonds. The van der Waals surface area contributed by atoms with Gasteiger partial charge in [0.1, 0.15) is 17.6 Å². The smallest absolute Gasteiger partial charge is 0.374 e. The van der Waals surface area contributed by atoms with Crippen molar-refractivity contribution in [3.05, 3.63) is 29.4 Å². The van der Waals surface area contributed by atoms with Crippen LogP contribution in [0.2, 0.25) is 0 Å². The standard InChI is InChI=1S/C19H27F4N7/c1-25-17-14(18(21,22)23)9-26-19(24,28-17)12-8-27-30(10-12)16-6-7-29(11-15(16)20)13-4-2-3-5-13/h8-10,13,15-16,25,28H,2-7,11,24H2,1H3/t15-,16-,19?/m1/s1. The fraction of sp³-hybridized carbons (Fsp3) is 0.684. The van der Waals surface area contributed by atoms with E-state index in [-0.39, 0.29) is 5.82 Å². The predicted molar refractivity (Wildman–Crippen MR) is 104 cm³/mol. The Labute approximate surface area is 172 Å². The van der Waals surface area contributed by atoms with Crippen LogP contribution in [-0.4, -0.2) is 59.4 Å². The Hall–Kier alpha value is -2.14. The van der Waals surface area contributed by atoms with Crippen molar-refractivity contribution in [2.75, 3.05) is 20.1 Å². The van der Waals surface area contributed by atoms with E-state index in [1.54, 1.807) is 6.20 Å². The van der Waals surface area contributed by atoms with Gasteiger partial charge in [0.15, 0.2) is 0 Å². The Morgan fingerprint density at radius 1 is 1.27 bits per heavy atom. The Kier molecular flexibility index (Phi) is 5.52. The third kappa shape index (κ3) is 3.92. The van der Waals surface area contributed by atoms with Crippen molar-refractivity contribution in [2.45, 2.75) is 62.3 Å². The van der Waals surface area contributed by atoms with Gasteiger partial charge in [0.05, 0.1) is 17.8 Å². The zero-order valence-electron chi connectivity index (χ0n) is 16.8. The number of hydrogen-bond acceptors (Lipinski definition) is 6. The molecule has 3 atom stereocenters. The molecule has 3 aliphatic rings. The van der Waals surface area contributed by atoms with E-state index in [9.17, 15) is 17.6 Å². The topological polar surface area (TPSA) is 83.5 Å². The van der Waals surface area contributed by atoms with Crippen molar-refractivity contribution in [2.24, 2.45) is 10.7 Å². The van der Waals surface area contributed by atoms with Crippen LogP contribution in [0.4, 0.5) is 17.6 Å². The lowest BCUT2D eigenvalue weighted by atomic mass is 10.0. The summed E-state index contributed by atoms with van der Waals surface area (Å²) < 4.78 is 55.9. The lowest BCUT2D eigenvalue weighted by Crippen LogP contribution is -2.53. The second-order valence-electron chi connectivity index (χ2n) is 8.20. The summed E-state index contributed by atoms with van der Waals surface area (Å²) in [7, 11) is 1.36. The molecule has 1 aromatic rings. The summed E-state index contributed by atoms with van der Waals surface area (Å²) in [5, 5.41) is 9.33. The highest BCUT2D eigenvalue weighted by Gasteiger charge is 2.42. The van der Waals surface area contributed by atoms with E-state index in [1.807, 2.05) is 0 Å². The maximum atomic E-state index is 15.0. The average molecular weight is 429 g/mol. The first kappa shape index (κ1) is 21.1. The van der Waals surface area contributed by atoms with Crippen molar-refractivity contribution < 1.29 is 17.6 Å². The van der Waals surface area contributed by atoms with Gasteiger partial charge in [0, 0.05) is 38.6 Å². The van der Waals surface area contributed by atoms with E-state index in [2.05, 4.69) is 25.6 Å². The Morgan fingerprint density at radius 2 is 2.00 bits per heavy atom. The van der Waals surface area contributed by atoms with Gasteiger partial charge in [-0.05, 0) is 19.3 Å². The molecule has 11 heteroatoms. The number of piperidine rings is 1. The normalized spacial score (nSPS) is 31.3.